The Morgan fingerprint density at radius 2 is 2.00 bits per heavy atom. The van der Waals surface area contributed by atoms with Gasteiger partial charge in [-0.3, -0.25) is 0 Å². The Labute approximate surface area is 132 Å². The molecule has 0 aliphatic carbocycles. The van der Waals surface area contributed by atoms with E-state index < -0.39 is 9.84 Å². The topological polar surface area (TPSA) is 103 Å². The summed E-state index contributed by atoms with van der Waals surface area (Å²) in [4.78, 5) is 0. The van der Waals surface area contributed by atoms with Gasteiger partial charge in [-0.2, -0.15) is 5.10 Å². The Hall–Kier alpha value is -2.55. The fraction of sp³-hybridized carbons (Fsp3) is 0.286. The van der Waals surface area contributed by atoms with Crippen LogP contribution >= 0.6 is 0 Å². The van der Waals surface area contributed by atoms with Gasteiger partial charge >= 0.3 is 0 Å². The highest BCUT2D eigenvalue weighted by molar-refractivity contribution is 7.91. The van der Waals surface area contributed by atoms with E-state index in [9.17, 15) is 8.42 Å². The molecule has 1 N–H and O–H groups in total. The van der Waals surface area contributed by atoms with Crippen molar-refractivity contribution in [3.63, 3.8) is 0 Å². The van der Waals surface area contributed by atoms with Crippen molar-refractivity contribution in [1.82, 2.24) is 25.2 Å². The fourth-order valence-electron chi connectivity index (χ4n) is 2.74. The average Bonchev–Trinajstić information content (AvgIpc) is 3.12. The van der Waals surface area contributed by atoms with Crippen LogP contribution in [0.4, 0.5) is 5.82 Å². The second-order valence-electron chi connectivity index (χ2n) is 5.51. The number of nitrogens with zero attached hydrogens (tertiary/aromatic N) is 5. The number of sulfone groups is 1. The zero-order valence-electron chi connectivity index (χ0n) is 12.1. The number of para-hydroxylation sites is 1. The van der Waals surface area contributed by atoms with Crippen LogP contribution in [0.2, 0.25) is 0 Å². The lowest BCUT2D eigenvalue weighted by Crippen LogP contribution is -2.21. The zero-order chi connectivity index (χ0) is 15.9. The van der Waals surface area contributed by atoms with Gasteiger partial charge in [0, 0.05) is 6.04 Å². The number of anilines is 1. The van der Waals surface area contributed by atoms with E-state index in [4.69, 9.17) is 0 Å². The minimum atomic E-state index is -2.95. The highest BCUT2D eigenvalue weighted by Gasteiger charge is 2.28. The van der Waals surface area contributed by atoms with Crippen molar-refractivity contribution in [3.8, 4) is 5.69 Å². The van der Waals surface area contributed by atoms with E-state index in [2.05, 4.69) is 25.8 Å². The molecule has 0 spiro atoms. The highest BCUT2D eigenvalue weighted by atomic mass is 32.2. The van der Waals surface area contributed by atoms with Crippen molar-refractivity contribution in [2.24, 2.45) is 0 Å². The molecule has 2 aromatic heterocycles. The van der Waals surface area contributed by atoms with Crippen molar-refractivity contribution < 1.29 is 8.42 Å². The standard InChI is InChI=1S/C14H14N6O2S/c21-23(22)7-6-10(9-23)16-13-12-8-15-20(14(12)18-19-17-13)11-4-2-1-3-5-11/h1-5,8,10H,6-7,9H2,(H,16,17,18)/t10-/m1/s1. The van der Waals surface area contributed by atoms with E-state index in [-0.39, 0.29) is 17.5 Å². The maximum absolute atomic E-state index is 11.6. The molecular weight excluding hydrogens is 316 g/mol. The van der Waals surface area contributed by atoms with E-state index in [1.165, 1.54) is 0 Å². The van der Waals surface area contributed by atoms with Crippen LogP contribution in [-0.2, 0) is 9.84 Å². The molecule has 3 aromatic rings. The van der Waals surface area contributed by atoms with Crippen molar-refractivity contribution in [3.05, 3.63) is 36.5 Å². The quantitative estimate of drug-likeness (QED) is 0.758. The van der Waals surface area contributed by atoms with Gasteiger partial charge < -0.3 is 5.32 Å². The minimum Gasteiger partial charge on any atom is -0.364 e. The summed E-state index contributed by atoms with van der Waals surface area (Å²) in [6, 6.07) is 9.45. The molecule has 3 heterocycles. The molecule has 0 bridgehead atoms. The third kappa shape index (κ3) is 2.63. The average molecular weight is 330 g/mol. The molecular formula is C14H14N6O2S. The number of aromatic nitrogens is 5. The molecule has 1 fully saturated rings. The van der Waals surface area contributed by atoms with Crippen LogP contribution in [0.15, 0.2) is 36.5 Å². The molecule has 0 radical (unpaired) electrons. The SMILES string of the molecule is O=S1(=O)CC[C@@H](Nc2nnnc3c2cnn3-c2ccccc2)C1. The Bertz CT molecular complexity index is 954. The Morgan fingerprint density at radius 1 is 1.17 bits per heavy atom. The van der Waals surface area contributed by atoms with Gasteiger partial charge in [-0.05, 0) is 23.8 Å². The van der Waals surface area contributed by atoms with Crippen molar-refractivity contribution in [2.45, 2.75) is 12.5 Å². The third-order valence-electron chi connectivity index (χ3n) is 3.86. The summed E-state index contributed by atoms with van der Waals surface area (Å²) in [5.74, 6) is 0.834. The molecule has 0 amide bonds. The molecule has 1 aliphatic heterocycles. The molecule has 8 nitrogen and oxygen atoms in total. The Kier molecular flexibility index (Phi) is 3.22. The van der Waals surface area contributed by atoms with Gasteiger partial charge in [-0.15, -0.1) is 10.2 Å². The lowest BCUT2D eigenvalue weighted by molar-refractivity contribution is 0.602. The normalized spacial score (nSPS) is 19.9. The fourth-order valence-corrected chi connectivity index (χ4v) is 4.41. The molecule has 0 unspecified atom stereocenters. The van der Waals surface area contributed by atoms with E-state index >= 15 is 0 Å². The van der Waals surface area contributed by atoms with E-state index in [0.717, 1.165) is 5.69 Å². The van der Waals surface area contributed by atoms with E-state index in [1.54, 1.807) is 10.9 Å². The van der Waals surface area contributed by atoms with Gasteiger partial charge in [0.25, 0.3) is 0 Å². The number of nitrogens with one attached hydrogen (secondary N) is 1. The lowest BCUT2D eigenvalue weighted by Gasteiger charge is -2.11. The molecule has 1 aromatic carbocycles. The van der Waals surface area contributed by atoms with Crippen molar-refractivity contribution >= 4 is 26.7 Å². The summed E-state index contributed by atoms with van der Waals surface area (Å²) in [6.45, 7) is 0. The number of rotatable bonds is 3. The molecule has 1 aliphatic rings. The van der Waals surface area contributed by atoms with Gasteiger partial charge in [0.2, 0.25) is 0 Å². The van der Waals surface area contributed by atoms with E-state index in [1.807, 2.05) is 30.3 Å². The van der Waals surface area contributed by atoms with Gasteiger partial charge in [0.1, 0.15) is 0 Å². The summed E-state index contributed by atoms with van der Waals surface area (Å²) >= 11 is 0. The molecule has 23 heavy (non-hydrogen) atoms. The van der Waals surface area contributed by atoms with Crippen LogP contribution in [0.5, 0.6) is 0 Å². The van der Waals surface area contributed by atoms with Crippen molar-refractivity contribution in [2.75, 3.05) is 16.8 Å². The molecule has 118 valence electrons. The Morgan fingerprint density at radius 3 is 2.74 bits per heavy atom. The van der Waals surface area contributed by atoms with Crippen LogP contribution in [0.1, 0.15) is 6.42 Å². The molecule has 4 rings (SSSR count). The lowest BCUT2D eigenvalue weighted by atomic mass is 10.2. The van der Waals surface area contributed by atoms with Gasteiger partial charge in [0.05, 0.1) is 28.8 Å². The summed E-state index contributed by atoms with van der Waals surface area (Å²) in [5, 5.41) is 20.1. The number of fused-ring (bicyclic) bond motifs is 1. The first-order chi connectivity index (χ1) is 11.1. The molecule has 0 saturated carbocycles. The predicted molar refractivity (Wildman–Crippen MR) is 85.1 cm³/mol. The van der Waals surface area contributed by atoms with Crippen LogP contribution in [-0.4, -0.2) is 51.2 Å². The maximum atomic E-state index is 11.6. The smallest absolute Gasteiger partial charge is 0.190 e. The van der Waals surface area contributed by atoms with Crippen molar-refractivity contribution in [1.29, 1.82) is 0 Å². The number of benzene rings is 1. The second kappa shape index (κ2) is 5.27. The second-order valence-corrected chi connectivity index (χ2v) is 7.74. The number of hydrogen-bond donors (Lipinski definition) is 1. The molecule has 9 heteroatoms. The van der Waals surface area contributed by atoms with Gasteiger partial charge in [-0.25, -0.2) is 13.1 Å². The molecule has 1 atom stereocenters. The summed E-state index contributed by atoms with van der Waals surface area (Å²) in [7, 11) is -2.95. The summed E-state index contributed by atoms with van der Waals surface area (Å²) in [6.07, 6.45) is 2.23. The minimum absolute atomic E-state index is 0.116. The van der Waals surface area contributed by atoms with Crippen LogP contribution < -0.4 is 5.32 Å². The summed E-state index contributed by atoms with van der Waals surface area (Å²) in [5.41, 5.74) is 1.45. The summed E-state index contributed by atoms with van der Waals surface area (Å²) < 4.78 is 24.8. The first kappa shape index (κ1) is 14.1. The largest absolute Gasteiger partial charge is 0.364 e. The highest BCUT2D eigenvalue weighted by Crippen LogP contribution is 2.23. The van der Waals surface area contributed by atoms with Gasteiger partial charge in [0.15, 0.2) is 21.3 Å². The van der Waals surface area contributed by atoms with Crippen LogP contribution in [0, 0.1) is 0 Å². The third-order valence-corrected chi connectivity index (χ3v) is 5.63. The first-order valence-electron chi connectivity index (χ1n) is 7.22. The van der Waals surface area contributed by atoms with E-state index in [0.29, 0.717) is 23.3 Å². The van der Waals surface area contributed by atoms with Crippen LogP contribution in [0.25, 0.3) is 16.7 Å². The Balaban J connectivity index is 1.71. The first-order valence-corrected chi connectivity index (χ1v) is 9.04. The maximum Gasteiger partial charge on any atom is 0.190 e. The number of hydrogen-bond acceptors (Lipinski definition) is 7. The van der Waals surface area contributed by atoms with Gasteiger partial charge in [-0.1, -0.05) is 18.2 Å². The van der Waals surface area contributed by atoms with Crippen LogP contribution in [0.3, 0.4) is 0 Å². The predicted octanol–water partition coefficient (Wildman–Crippen LogP) is 0.809. The monoisotopic (exact) mass is 330 g/mol. The zero-order valence-corrected chi connectivity index (χ0v) is 12.9. The molecule has 1 saturated heterocycles.